The molecule has 0 bridgehead atoms. The van der Waals surface area contributed by atoms with Gasteiger partial charge in [0.2, 0.25) is 5.91 Å². The fraction of sp³-hybridized carbons (Fsp3) is 0.650. The predicted octanol–water partition coefficient (Wildman–Crippen LogP) is 2.06. The molecule has 150 valence electrons. The van der Waals surface area contributed by atoms with Crippen molar-refractivity contribution in [2.45, 2.75) is 38.3 Å². The van der Waals surface area contributed by atoms with Crippen LogP contribution in [0.2, 0.25) is 0 Å². The number of nitrogens with one attached hydrogen (secondary N) is 2. The van der Waals surface area contributed by atoms with E-state index in [9.17, 15) is 13.6 Å². The van der Waals surface area contributed by atoms with E-state index in [4.69, 9.17) is 4.74 Å². The summed E-state index contributed by atoms with van der Waals surface area (Å²) in [5.74, 6) is -1.52. The maximum atomic E-state index is 13.4. The number of rotatable bonds is 6. The molecule has 7 heteroatoms. The lowest BCUT2D eigenvalue weighted by atomic mass is 9.78. The van der Waals surface area contributed by atoms with Gasteiger partial charge in [-0.1, -0.05) is 6.07 Å². The highest BCUT2D eigenvalue weighted by molar-refractivity contribution is 5.83. The smallest absolute Gasteiger partial charge is 0.228 e. The Bertz CT molecular complexity index is 637. The SMILES string of the molecule is COCC1(C(=O)NC2CCN(Cc3ccc(F)c(F)c3)CC2)CCNCC1. The molecule has 2 aliphatic heterocycles. The average molecular weight is 381 g/mol. The monoisotopic (exact) mass is 381 g/mol. The van der Waals surface area contributed by atoms with E-state index in [1.807, 2.05) is 0 Å². The van der Waals surface area contributed by atoms with Gasteiger partial charge < -0.3 is 15.4 Å². The molecule has 0 atom stereocenters. The Balaban J connectivity index is 1.49. The molecule has 0 aromatic heterocycles. The maximum Gasteiger partial charge on any atom is 0.228 e. The molecule has 2 aliphatic rings. The van der Waals surface area contributed by atoms with Gasteiger partial charge in [-0.05, 0) is 56.5 Å². The predicted molar refractivity (Wildman–Crippen MR) is 99.2 cm³/mol. The molecule has 1 aromatic carbocycles. The van der Waals surface area contributed by atoms with Gasteiger partial charge in [0.1, 0.15) is 0 Å². The highest BCUT2D eigenvalue weighted by atomic mass is 19.2. The van der Waals surface area contributed by atoms with Crippen LogP contribution in [0.25, 0.3) is 0 Å². The number of amides is 1. The van der Waals surface area contributed by atoms with Crippen molar-refractivity contribution in [3.05, 3.63) is 35.4 Å². The first-order valence-corrected chi connectivity index (χ1v) is 9.69. The fourth-order valence-corrected chi connectivity index (χ4v) is 4.09. The number of nitrogens with zero attached hydrogens (tertiary/aromatic N) is 1. The number of likely N-dealkylation sites (tertiary alicyclic amines) is 1. The zero-order valence-electron chi connectivity index (χ0n) is 15.9. The van der Waals surface area contributed by atoms with E-state index < -0.39 is 17.0 Å². The highest BCUT2D eigenvalue weighted by Crippen LogP contribution is 2.30. The molecular formula is C20H29F2N3O2. The van der Waals surface area contributed by atoms with Crippen LogP contribution in [0.15, 0.2) is 18.2 Å². The van der Waals surface area contributed by atoms with Crippen LogP contribution < -0.4 is 10.6 Å². The molecule has 0 unspecified atom stereocenters. The lowest BCUT2D eigenvalue weighted by molar-refractivity contribution is -0.137. The van der Waals surface area contributed by atoms with Gasteiger partial charge >= 0.3 is 0 Å². The zero-order chi connectivity index (χ0) is 19.3. The lowest BCUT2D eigenvalue weighted by Crippen LogP contribution is -2.54. The molecule has 1 aromatic rings. The van der Waals surface area contributed by atoms with Crippen LogP contribution in [0.1, 0.15) is 31.2 Å². The van der Waals surface area contributed by atoms with E-state index in [0.29, 0.717) is 13.2 Å². The Morgan fingerprint density at radius 2 is 1.96 bits per heavy atom. The summed E-state index contributed by atoms with van der Waals surface area (Å²) in [5.41, 5.74) is 0.341. The van der Waals surface area contributed by atoms with E-state index in [1.165, 1.54) is 12.1 Å². The van der Waals surface area contributed by atoms with Gasteiger partial charge in [-0.25, -0.2) is 8.78 Å². The second-order valence-electron chi connectivity index (χ2n) is 7.74. The first kappa shape index (κ1) is 20.2. The van der Waals surface area contributed by atoms with E-state index in [2.05, 4.69) is 15.5 Å². The largest absolute Gasteiger partial charge is 0.384 e. The average Bonchev–Trinajstić information content (AvgIpc) is 2.67. The normalized spacial score (nSPS) is 21.1. The minimum Gasteiger partial charge on any atom is -0.384 e. The Hall–Kier alpha value is -1.57. The molecule has 2 fully saturated rings. The summed E-state index contributed by atoms with van der Waals surface area (Å²) in [7, 11) is 1.65. The minimum atomic E-state index is -0.817. The third-order valence-corrected chi connectivity index (χ3v) is 5.78. The van der Waals surface area contributed by atoms with Gasteiger partial charge in [0.25, 0.3) is 0 Å². The van der Waals surface area contributed by atoms with Crippen LogP contribution in [-0.4, -0.2) is 56.7 Å². The molecule has 0 spiro atoms. The molecule has 1 amide bonds. The summed E-state index contributed by atoms with van der Waals surface area (Å²) < 4.78 is 31.7. The van der Waals surface area contributed by atoms with Crippen molar-refractivity contribution in [3.63, 3.8) is 0 Å². The first-order valence-electron chi connectivity index (χ1n) is 9.69. The number of methoxy groups -OCH3 is 1. The van der Waals surface area contributed by atoms with Gasteiger partial charge in [0.05, 0.1) is 12.0 Å². The van der Waals surface area contributed by atoms with E-state index in [0.717, 1.165) is 57.4 Å². The van der Waals surface area contributed by atoms with Gasteiger partial charge in [-0.3, -0.25) is 9.69 Å². The van der Waals surface area contributed by atoms with Crippen LogP contribution in [0.3, 0.4) is 0 Å². The van der Waals surface area contributed by atoms with Crippen molar-refractivity contribution in [1.29, 1.82) is 0 Å². The first-order chi connectivity index (χ1) is 13.0. The molecule has 2 saturated heterocycles. The summed E-state index contributed by atoms with van der Waals surface area (Å²) in [4.78, 5) is 15.1. The zero-order valence-corrected chi connectivity index (χ0v) is 15.9. The number of hydrogen-bond acceptors (Lipinski definition) is 4. The van der Waals surface area contributed by atoms with Crippen molar-refractivity contribution in [2.24, 2.45) is 5.41 Å². The van der Waals surface area contributed by atoms with Crippen LogP contribution in [-0.2, 0) is 16.1 Å². The maximum absolute atomic E-state index is 13.4. The summed E-state index contributed by atoms with van der Waals surface area (Å²) in [6.45, 7) is 4.37. The molecule has 27 heavy (non-hydrogen) atoms. The number of ether oxygens (including phenoxy) is 1. The van der Waals surface area contributed by atoms with Crippen LogP contribution >= 0.6 is 0 Å². The second kappa shape index (κ2) is 9.08. The van der Waals surface area contributed by atoms with E-state index in [-0.39, 0.29) is 11.9 Å². The molecule has 0 radical (unpaired) electrons. The van der Waals surface area contributed by atoms with Crippen molar-refractivity contribution >= 4 is 5.91 Å². The quantitative estimate of drug-likeness (QED) is 0.792. The molecule has 0 saturated carbocycles. The van der Waals surface area contributed by atoms with Gasteiger partial charge in [0.15, 0.2) is 11.6 Å². The highest BCUT2D eigenvalue weighted by Gasteiger charge is 2.40. The van der Waals surface area contributed by atoms with Gasteiger partial charge in [-0.2, -0.15) is 0 Å². The fourth-order valence-electron chi connectivity index (χ4n) is 4.09. The number of hydrogen-bond donors (Lipinski definition) is 2. The summed E-state index contributed by atoms with van der Waals surface area (Å²) in [6, 6.07) is 4.21. The van der Waals surface area contributed by atoms with Gasteiger partial charge in [0, 0.05) is 32.8 Å². The standard InChI is InChI=1S/C20H29F2N3O2/c1-27-14-20(6-8-23-9-7-20)19(26)24-16-4-10-25(11-5-16)13-15-2-3-17(21)18(22)12-15/h2-3,12,16,23H,4-11,13-14H2,1H3,(H,24,26). The van der Waals surface area contributed by atoms with Crippen LogP contribution in [0, 0.1) is 17.0 Å². The Kier molecular flexibility index (Phi) is 6.78. The van der Waals surface area contributed by atoms with E-state index >= 15 is 0 Å². The molecular weight excluding hydrogens is 352 g/mol. The molecule has 0 aliphatic carbocycles. The van der Waals surface area contributed by atoms with Crippen LogP contribution in [0.5, 0.6) is 0 Å². The molecule has 5 nitrogen and oxygen atoms in total. The number of carbonyl (C=O) groups excluding carboxylic acids is 1. The Labute approximate surface area is 159 Å². The summed E-state index contributed by atoms with van der Waals surface area (Å²) in [6.07, 6.45) is 3.30. The Morgan fingerprint density at radius 3 is 2.59 bits per heavy atom. The summed E-state index contributed by atoms with van der Waals surface area (Å²) >= 11 is 0. The minimum absolute atomic E-state index is 0.102. The van der Waals surface area contributed by atoms with Crippen molar-refractivity contribution < 1.29 is 18.3 Å². The molecule has 2 heterocycles. The number of carbonyl (C=O) groups is 1. The third kappa shape index (κ3) is 5.03. The number of benzene rings is 1. The van der Waals surface area contributed by atoms with Crippen molar-refractivity contribution in [1.82, 2.24) is 15.5 Å². The van der Waals surface area contributed by atoms with Crippen molar-refractivity contribution in [3.8, 4) is 0 Å². The topological polar surface area (TPSA) is 53.6 Å². The lowest BCUT2D eigenvalue weighted by Gasteiger charge is -2.38. The third-order valence-electron chi connectivity index (χ3n) is 5.78. The Morgan fingerprint density at radius 1 is 1.26 bits per heavy atom. The van der Waals surface area contributed by atoms with Crippen molar-refractivity contribution in [2.75, 3.05) is 39.9 Å². The number of halogens is 2. The number of piperidine rings is 2. The molecule has 2 N–H and O–H groups in total. The second-order valence-corrected chi connectivity index (χ2v) is 7.74. The summed E-state index contributed by atoms with van der Waals surface area (Å²) in [5, 5.41) is 6.53. The molecule has 3 rings (SSSR count). The van der Waals surface area contributed by atoms with E-state index in [1.54, 1.807) is 13.2 Å². The van der Waals surface area contributed by atoms with Gasteiger partial charge in [-0.15, -0.1) is 0 Å². The van der Waals surface area contributed by atoms with Crippen LogP contribution in [0.4, 0.5) is 8.78 Å².